The number of rotatable bonds is 9. The Morgan fingerprint density at radius 1 is 0.968 bits per heavy atom. The van der Waals surface area contributed by atoms with E-state index in [2.05, 4.69) is 16.2 Å². The minimum atomic E-state index is -0.539. The number of hydrogen-bond acceptors (Lipinski definition) is 4. The van der Waals surface area contributed by atoms with E-state index < -0.39 is 11.9 Å². The maximum atomic E-state index is 12.2. The lowest BCUT2D eigenvalue weighted by atomic mass is 10.0. The van der Waals surface area contributed by atoms with Crippen LogP contribution in [-0.4, -0.2) is 24.3 Å². The van der Waals surface area contributed by atoms with Gasteiger partial charge in [0.2, 0.25) is 17.7 Å². The molecule has 2 aromatic rings. The van der Waals surface area contributed by atoms with Crippen LogP contribution in [-0.2, 0) is 14.4 Å². The highest BCUT2D eigenvalue weighted by molar-refractivity contribution is 6.30. The Kier molecular flexibility index (Phi) is 9.62. The van der Waals surface area contributed by atoms with Crippen LogP contribution < -0.4 is 20.9 Å². The van der Waals surface area contributed by atoms with E-state index in [0.29, 0.717) is 28.8 Å². The van der Waals surface area contributed by atoms with E-state index in [4.69, 9.17) is 27.9 Å². The summed E-state index contributed by atoms with van der Waals surface area (Å²) in [5.41, 5.74) is 6.39. The van der Waals surface area contributed by atoms with Gasteiger partial charge in [0.05, 0.1) is 19.1 Å². The Hall–Kier alpha value is -2.77. The molecule has 2 rings (SSSR count). The molecule has 9 heteroatoms. The molecule has 0 aliphatic carbocycles. The lowest BCUT2D eigenvalue weighted by Crippen LogP contribution is -2.43. The molecule has 31 heavy (non-hydrogen) atoms. The van der Waals surface area contributed by atoms with E-state index in [0.717, 1.165) is 11.1 Å². The first kappa shape index (κ1) is 24.5. The summed E-state index contributed by atoms with van der Waals surface area (Å²) in [6.07, 6.45) is 0.614. The molecular formula is C22H25Cl2N3O4. The van der Waals surface area contributed by atoms with Crippen molar-refractivity contribution in [3.8, 4) is 5.75 Å². The summed E-state index contributed by atoms with van der Waals surface area (Å²) in [4.78, 5) is 35.7. The number of aryl methyl sites for hydroxylation is 1. The lowest BCUT2D eigenvalue weighted by molar-refractivity contribution is -0.129. The molecule has 7 nitrogen and oxygen atoms in total. The van der Waals surface area contributed by atoms with Gasteiger partial charge < -0.3 is 10.1 Å². The smallest absolute Gasteiger partial charge is 0.240 e. The van der Waals surface area contributed by atoms with Gasteiger partial charge in [0.1, 0.15) is 5.75 Å². The van der Waals surface area contributed by atoms with E-state index in [1.807, 2.05) is 6.92 Å². The Bertz CT molecular complexity index is 919. The van der Waals surface area contributed by atoms with Crippen LogP contribution in [0.25, 0.3) is 0 Å². The van der Waals surface area contributed by atoms with Crippen molar-refractivity contribution in [2.45, 2.75) is 39.2 Å². The molecule has 0 bridgehead atoms. The maximum Gasteiger partial charge on any atom is 0.240 e. The summed E-state index contributed by atoms with van der Waals surface area (Å²) in [6, 6.07) is 11.6. The fraction of sp³-hybridized carbons (Fsp3) is 0.318. The van der Waals surface area contributed by atoms with Gasteiger partial charge in [-0.1, -0.05) is 35.3 Å². The molecule has 0 aliphatic heterocycles. The summed E-state index contributed by atoms with van der Waals surface area (Å²) in [5, 5.41) is 3.91. The minimum Gasteiger partial charge on any atom is -0.493 e. The second kappa shape index (κ2) is 12.2. The third kappa shape index (κ3) is 8.86. The SMILES string of the molecule is CC(=O)NC(CC(=O)NNC(=O)CCCOc1ccc(Cl)cc1C)c1ccc(Cl)cc1. The van der Waals surface area contributed by atoms with Gasteiger partial charge in [-0.15, -0.1) is 0 Å². The number of hydrogen-bond donors (Lipinski definition) is 3. The molecule has 3 amide bonds. The van der Waals surface area contributed by atoms with Crippen molar-refractivity contribution >= 4 is 40.9 Å². The second-order valence-electron chi connectivity index (χ2n) is 6.97. The summed E-state index contributed by atoms with van der Waals surface area (Å²) in [6.45, 7) is 3.61. The highest BCUT2D eigenvalue weighted by Crippen LogP contribution is 2.22. The number of carbonyl (C=O) groups excluding carboxylic acids is 3. The third-order valence-electron chi connectivity index (χ3n) is 4.32. The molecule has 0 aromatic heterocycles. The molecule has 0 aliphatic rings. The molecule has 0 spiro atoms. The largest absolute Gasteiger partial charge is 0.493 e. The van der Waals surface area contributed by atoms with Crippen LogP contribution in [0.15, 0.2) is 42.5 Å². The van der Waals surface area contributed by atoms with E-state index >= 15 is 0 Å². The van der Waals surface area contributed by atoms with Crippen LogP contribution in [0.1, 0.15) is 43.4 Å². The molecule has 1 unspecified atom stereocenters. The standard InChI is InChI=1S/C22H25Cl2N3O4/c1-14-12-18(24)9-10-20(14)31-11-3-4-21(29)26-27-22(30)13-19(25-15(2)28)16-5-7-17(23)8-6-16/h5-10,12,19H,3-4,11,13H2,1-2H3,(H,25,28)(H,26,29)(H,27,30). The lowest BCUT2D eigenvalue weighted by Gasteiger charge is -2.18. The average Bonchev–Trinajstić information content (AvgIpc) is 2.70. The molecule has 166 valence electrons. The summed E-state index contributed by atoms with van der Waals surface area (Å²) in [5.74, 6) is -0.334. The summed E-state index contributed by atoms with van der Waals surface area (Å²) >= 11 is 11.8. The third-order valence-corrected chi connectivity index (χ3v) is 4.81. The van der Waals surface area contributed by atoms with Gasteiger partial charge in [-0.05, 0) is 54.8 Å². The summed E-state index contributed by atoms with van der Waals surface area (Å²) < 4.78 is 5.64. The molecule has 0 heterocycles. The Morgan fingerprint density at radius 3 is 2.26 bits per heavy atom. The Balaban J connectivity index is 1.73. The molecule has 2 aromatic carbocycles. The number of carbonyl (C=O) groups is 3. The zero-order valence-electron chi connectivity index (χ0n) is 17.3. The molecule has 0 radical (unpaired) electrons. The van der Waals surface area contributed by atoms with Crippen molar-refractivity contribution in [2.24, 2.45) is 0 Å². The molecule has 0 saturated carbocycles. The fourth-order valence-corrected chi connectivity index (χ4v) is 3.17. The molecule has 1 atom stereocenters. The van der Waals surface area contributed by atoms with Crippen LogP contribution in [0.3, 0.4) is 0 Å². The van der Waals surface area contributed by atoms with Crippen molar-refractivity contribution < 1.29 is 19.1 Å². The highest BCUT2D eigenvalue weighted by Gasteiger charge is 2.17. The second-order valence-corrected chi connectivity index (χ2v) is 7.84. The average molecular weight is 466 g/mol. The Morgan fingerprint density at radius 2 is 1.61 bits per heavy atom. The first-order valence-corrected chi connectivity index (χ1v) is 10.5. The number of amides is 3. The predicted molar refractivity (Wildman–Crippen MR) is 120 cm³/mol. The highest BCUT2D eigenvalue weighted by atomic mass is 35.5. The van der Waals surface area contributed by atoms with Crippen LogP contribution >= 0.6 is 23.2 Å². The minimum absolute atomic E-state index is 0.0412. The number of halogens is 2. The first-order chi connectivity index (χ1) is 14.7. The van der Waals surface area contributed by atoms with E-state index in [9.17, 15) is 14.4 Å². The maximum absolute atomic E-state index is 12.2. The van der Waals surface area contributed by atoms with Gasteiger partial charge in [0, 0.05) is 23.4 Å². The fourth-order valence-electron chi connectivity index (χ4n) is 2.82. The van der Waals surface area contributed by atoms with Crippen molar-refractivity contribution in [1.29, 1.82) is 0 Å². The zero-order chi connectivity index (χ0) is 22.8. The number of nitrogens with one attached hydrogen (secondary N) is 3. The normalized spacial score (nSPS) is 11.4. The molecule has 0 saturated heterocycles. The van der Waals surface area contributed by atoms with Gasteiger partial charge >= 0.3 is 0 Å². The van der Waals surface area contributed by atoms with Gasteiger partial charge in [-0.25, -0.2) is 0 Å². The van der Waals surface area contributed by atoms with Crippen LogP contribution in [0.2, 0.25) is 10.0 Å². The quantitative estimate of drug-likeness (QED) is 0.386. The van der Waals surface area contributed by atoms with Crippen LogP contribution in [0.5, 0.6) is 5.75 Å². The summed E-state index contributed by atoms with van der Waals surface area (Å²) in [7, 11) is 0. The van der Waals surface area contributed by atoms with Crippen molar-refractivity contribution in [2.75, 3.05) is 6.61 Å². The zero-order valence-corrected chi connectivity index (χ0v) is 18.8. The van der Waals surface area contributed by atoms with E-state index in [-0.39, 0.29) is 24.7 Å². The predicted octanol–water partition coefficient (Wildman–Crippen LogP) is 3.88. The molecular weight excluding hydrogens is 441 g/mol. The van der Waals surface area contributed by atoms with Gasteiger partial charge in [0.25, 0.3) is 0 Å². The van der Waals surface area contributed by atoms with Gasteiger partial charge in [-0.2, -0.15) is 0 Å². The van der Waals surface area contributed by atoms with Crippen LogP contribution in [0, 0.1) is 6.92 Å². The number of benzene rings is 2. The number of hydrazine groups is 1. The van der Waals surface area contributed by atoms with Gasteiger partial charge in [-0.3, -0.25) is 25.2 Å². The molecule has 0 fully saturated rings. The Labute approximate surface area is 191 Å². The van der Waals surface area contributed by atoms with Crippen molar-refractivity contribution in [3.05, 3.63) is 63.6 Å². The topological polar surface area (TPSA) is 96.5 Å². The van der Waals surface area contributed by atoms with Crippen molar-refractivity contribution in [3.63, 3.8) is 0 Å². The molecule has 3 N–H and O–H groups in total. The van der Waals surface area contributed by atoms with E-state index in [1.54, 1.807) is 42.5 Å². The van der Waals surface area contributed by atoms with Crippen molar-refractivity contribution in [1.82, 2.24) is 16.2 Å². The van der Waals surface area contributed by atoms with Gasteiger partial charge in [0.15, 0.2) is 0 Å². The van der Waals surface area contributed by atoms with E-state index in [1.165, 1.54) is 6.92 Å². The van der Waals surface area contributed by atoms with Crippen LogP contribution in [0.4, 0.5) is 0 Å². The first-order valence-electron chi connectivity index (χ1n) is 9.74. The monoisotopic (exact) mass is 465 g/mol. The number of ether oxygens (including phenoxy) is 1.